The summed E-state index contributed by atoms with van der Waals surface area (Å²) in [6, 6.07) is 21.2. The summed E-state index contributed by atoms with van der Waals surface area (Å²) in [6.07, 6.45) is 2.31. The maximum Gasteiger partial charge on any atom is 0.251 e. The Labute approximate surface area is 218 Å². The zero-order valence-electron chi connectivity index (χ0n) is 18.7. The molecule has 1 unspecified atom stereocenters. The van der Waals surface area contributed by atoms with Gasteiger partial charge in [0.05, 0.1) is 5.52 Å². The van der Waals surface area contributed by atoms with Crippen LogP contribution in [0.4, 0.5) is 0 Å². The lowest BCUT2D eigenvalue weighted by molar-refractivity contribution is 0.112. The lowest BCUT2D eigenvalue weighted by atomic mass is 9.83. The van der Waals surface area contributed by atoms with Gasteiger partial charge in [-0.05, 0) is 70.6 Å². The summed E-state index contributed by atoms with van der Waals surface area (Å²) in [5, 5.41) is 21.7. The van der Waals surface area contributed by atoms with E-state index in [0.717, 1.165) is 43.0 Å². The van der Waals surface area contributed by atoms with Gasteiger partial charge in [0, 0.05) is 34.0 Å². The third-order valence-corrected chi connectivity index (χ3v) is 7.76. The summed E-state index contributed by atoms with van der Waals surface area (Å²) >= 11 is 7.05. The molecule has 3 heterocycles. The van der Waals surface area contributed by atoms with Crippen LogP contribution in [0.1, 0.15) is 22.5 Å². The second-order valence-electron chi connectivity index (χ2n) is 8.82. The Morgan fingerprint density at radius 2 is 1.77 bits per heavy atom. The first-order valence-corrected chi connectivity index (χ1v) is 12.7. The average Bonchev–Trinajstić information content (AvgIpc) is 3.48. The van der Waals surface area contributed by atoms with E-state index < -0.39 is 5.60 Å². The van der Waals surface area contributed by atoms with Gasteiger partial charge < -0.3 is 14.2 Å². The van der Waals surface area contributed by atoms with Gasteiger partial charge in [-0.2, -0.15) is 0 Å². The van der Waals surface area contributed by atoms with Crippen LogP contribution < -0.4 is 5.56 Å². The molecule has 8 heteroatoms. The minimum absolute atomic E-state index is 0.0181. The van der Waals surface area contributed by atoms with Crippen molar-refractivity contribution in [3.05, 3.63) is 115 Å². The molecular weight excluding hydrogens is 572 g/mol. The molecule has 3 aromatic carbocycles. The summed E-state index contributed by atoms with van der Waals surface area (Å²) in [4.78, 5) is 13.0. The SMILES string of the molecule is Cn1cnnc1C(O)(c1ccc(Br)cc1)c1cc2c3c(c1)c(-c1cccc(Br)c1)cc(=O)n3CC2. The molecule has 2 aromatic heterocycles. The number of nitrogens with zero attached hydrogens (tertiary/aromatic N) is 4. The third kappa shape index (κ3) is 3.51. The number of aliphatic hydroxyl groups is 1. The quantitative estimate of drug-likeness (QED) is 0.313. The first-order chi connectivity index (χ1) is 16.9. The van der Waals surface area contributed by atoms with Crippen molar-refractivity contribution in [3.63, 3.8) is 0 Å². The van der Waals surface area contributed by atoms with Crippen molar-refractivity contribution in [2.75, 3.05) is 0 Å². The van der Waals surface area contributed by atoms with E-state index in [1.165, 1.54) is 0 Å². The van der Waals surface area contributed by atoms with Crippen molar-refractivity contribution in [3.8, 4) is 11.1 Å². The van der Waals surface area contributed by atoms with Gasteiger partial charge in [0.15, 0.2) is 11.4 Å². The number of aromatic nitrogens is 4. The Balaban J connectivity index is 1.70. The molecule has 1 aliphatic rings. The van der Waals surface area contributed by atoms with Crippen LogP contribution in [0.25, 0.3) is 22.0 Å². The molecule has 35 heavy (non-hydrogen) atoms. The zero-order valence-corrected chi connectivity index (χ0v) is 21.9. The van der Waals surface area contributed by atoms with E-state index in [0.29, 0.717) is 23.5 Å². The van der Waals surface area contributed by atoms with Crippen molar-refractivity contribution >= 4 is 42.8 Å². The van der Waals surface area contributed by atoms with Crippen LogP contribution >= 0.6 is 31.9 Å². The Morgan fingerprint density at radius 3 is 2.49 bits per heavy atom. The molecule has 5 aromatic rings. The molecule has 174 valence electrons. The van der Waals surface area contributed by atoms with Gasteiger partial charge in [-0.15, -0.1) is 10.2 Å². The van der Waals surface area contributed by atoms with E-state index in [4.69, 9.17) is 0 Å². The largest absolute Gasteiger partial charge is 0.373 e. The number of aryl methyl sites for hydroxylation is 3. The smallest absolute Gasteiger partial charge is 0.251 e. The highest BCUT2D eigenvalue weighted by molar-refractivity contribution is 9.10. The molecule has 0 spiro atoms. The topological polar surface area (TPSA) is 72.9 Å². The first kappa shape index (κ1) is 22.4. The predicted molar refractivity (Wildman–Crippen MR) is 142 cm³/mol. The Bertz CT molecular complexity index is 1670. The maximum absolute atomic E-state index is 13.0. The van der Waals surface area contributed by atoms with E-state index in [9.17, 15) is 9.90 Å². The van der Waals surface area contributed by atoms with Crippen LogP contribution in [0.15, 0.2) is 86.8 Å². The standard InChI is InChI=1S/C27H20Br2N4O2/c1-32-15-30-31-26(32)27(35,18-5-7-20(28)8-6-18)19-11-17-9-10-33-24(34)14-22(23(13-19)25(17)33)16-3-2-4-21(29)12-16/h2-8,11-15,35H,9-10H2,1H3. The Kier molecular flexibility index (Phi) is 5.28. The summed E-state index contributed by atoms with van der Waals surface area (Å²) in [7, 11) is 1.82. The molecule has 0 bridgehead atoms. The molecule has 0 fully saturated rings. The fraction of sp³-hybridized carbons (Fsp3) is 0.148. The van der Waals surface area contributed by atoms with Crippen molar-refractivity contribution in [1.29, 1.82) is 0 Å². The van der Waals surface area contributed by atoms with Gasteiger partial charge in [0.2, 0.25) is 0 Å². The minimum atomic E-state index is -1.55. The van der Waals surface area contributed by atoms with Crippen LogP contribution in [-0.2, 0) is 25.6 Å². The van der Waals surface area contributed by atoms with E-state index in [-0.39, 0.29) is 5.56 Å². The monoisotopic (exact) mass is 590 g/mol. The summed E-state index contributed by atoms with van der Waals surface area (Å²) < 4.78 is 5.42. The highest BCUT2D eigenvalue weighted by Crippen LogP contribution is 2.41. The van der Waals surface area contributed by atoms with E-state index in [1.54, 1.807) is 17.0 Å². The van der Waals surface area contributed by atoms with Crippen molar-refractivity contribution in [2.45, 2.75) is 18.6 Å². The van der Waals surface area contributed by atoms with E-state index in [1.807, 2.05) is 72.3 Å². The normalized spacial score (nSPS) is 14.4. The van der Waals surface area contributed by atoms with Crippen LogP contribution in [0.5, 0.6) is 0 Å². The van der Waals surface area contributed by atoms with Gasteiger partial charge in [-0.1, -0.05) is 56.1 Å². The minimum Gasteiger partial charge on any atom is -0.373 e. The highest BCUT2D eigenvalue weighted by Gasteiger charge is 2.39. The van der Waals surface area contributed by atoms with Gasteiger partial charge in [-0.3, -0.25) is 4.79 Å². The van der Waals surface area contributed by atoms with Gasteiger partial charge >= 0.3 is 0 Å². The number of hydrogen-bond donors (Lipinski definition) is 1. The second kappa shape index (κ2) is 8.26. The van der Waals surface area contributed by atoms with Crippen LogP contribution in [0, 0.1) is 0 Å². The van der Waals surface area contributed by atoms with Crippen LogP contribution in [0.2, 0.25) is 0 Å². The molecule has 1 aliphatic heterocycles. The van der Waals surface area contributed by atoms with Gasteiger partial charge in [0.25, 0.3) is 5.56 Å². The molecule has 1 atom stereocenters. The summed E-state index contributed by atoms with van der Waals surface area (Å²) in [6.45, 7) is 0.619. The van der Waals surface area contributed by atoms with E-state index in [2.05, 4.69) is 42.1 Å². The highest BCUT2D eigenvalue weighted by atomic mass is 79.9. The number of benzene rings is 3. The molecule has 0 aliphatic carbocycles. The maximum atomic E-state index is 13.0. The fourth-order valence-corrected chi connectivity index (χ4v) is 5.75. The third-order valence-electron chi connectivity index (χ3n) is 6.74. The number of rotatable bonds is 4. The molecule has 0 radical (unpaired) electrons. The van der Waals surface area contributed by atoms with Crippen molar-refractivity contribution in [2.24, 2.45) is 7.05 Å². The molecule has 6 rings (SSSR count). The van der Waals surface area contributed by atoms with Crippen LogP contribution in [-0.4, -0.2) is 24.4 Å². The zero-order chi connectivity index (χ0) is 24.3. The lowest BCUT2D eigenvalue weighted by Crippen LogP contribution is -2.32. The lowest BCUT2D eigenvalue weighted by Gasteiger charge is -2.29. The Hall–Kier alpha value is -3.07. The Morgan fingerprint density at radius 1 is 0.971 bits per heavy atom. The molecule has 6 nitrogen and oxygen atoms in total. The average molecular weight is 592 g/mol. The summed E-state index contributed by atoms with van der Waals surface area (Å²) in [5.74, 6) is 0.418. The first-order valence-electron chi connectivity index (χ1n) is 11.2. The van der Waals surface area contributed by atoms with Crippen LogP contribution in [0.3, 0.4) is 0 Å². The van der Waals surface area contributed by atoms with Gasteiger partial charge in [0.1, 0.15) is 6.33 Å². The number of hydrogen-bond acceptors (Lipinski definition) is 4. The number of pyridine rings is 1. The summed E-state index contributed by atoms with van der Waals surface area (Å²) in [5.41, 5.74) is 3.52. The molecule has 1 N–H and O–H groups in total. The molecular formula is C27H20Br2N4O2. The molecule has 0 amide bonds. The number of halogens is 2. The van der Waals surface area contributed by atoms with Crippen molar-refractivity contribution in [1.82, 2.24) is 19.3 Å². The molecule has 0 saturated heterocycles. The predicted octanol–water partition coefficient (Wildman–Crippen LogP) is 5.16. The van der Waals surface area contributed by atoms with Crippen molar-refractivity contribution < 1.29 is 5.11 Å². The second-order valence-corrected chi connectivity index (χ2v) is 10.7. The van der Waals surface area contributed by atoms with E-state index >= 15 is 0 Å². The molecule has 0 saturated carbocycles. The van der Waals surface area contributed by atoms with Gasteiger partial charge in [-0.25, -0.2) is 0 Å². The fourth-order valence-electron chi connectivity index (χ4n) is 5.08.